The first-order valence-electron chi connectivity index (χ1n) is 7.94. The zero-order valence-corrected chi connectivity index (χ0v) is 12.3. The zero-order chi connectivity index (χ0) is 12.8. The lowest BCUT2D eigenvalue weighted by molar-refractivity contribution is 0.0718. The summed E-state index contributed by atoms with van der Waals surface area (Å²) in [6, 6.07) is 0.873. The number of rotatable bonds is 5. The number of likely N-dealkylation sites (tertiary alicyclic amines) is 2. The van der Waals surface area contributed by atoms with Gasteiger partial charge in [0.15, 0.2) is 0 Å². The van der Waals surface area contributed by atoms with E-state index < -0.39 is 0 Å². The molecule has 0 saturated carbocycles. The Morgan fingerprint density at radius 3 is 2.56 bits per heavy atom. The summed E-state index contributed by atoms with van der Waals surface area (Å²) < 4.78 is 0. The second kappa shape index (κ2) is 7.46. The summed E-state index contributed by atoms with van der Waals surface area (Å²) in [5.41, 5.74) is 0. The monoisotopic (exact) mass is 253 g/mol. The number of hydrogen-bond donors (Lipinski definition) is 1. The number of nitrogens with one attached hydrogen (secondary N) is 1. The molecule has 1 atom stereocenters. The third kappa shape index (κ3) is 3.94. The van der Waals surface area contributed by atoms with Crippen LogP contribution in [-0.4, -0.2) is 62.2 Å². The molecule has 106 valence electrons. The van der Waals surface area contributed by atoms with Crippen LogP contribution in [0.5, 0.6) is 0 Å². The van der Waals surface area contributed by atoms with Gasteiger partial charge in [0.1, 0.15) is 0 Å². The van der Waals surface area contributed by atoms with Crippen molar-refractivity contribution in [1.29, 1.82) is 0 Å². The van der Waals surface area contributed by atoms with Gasteiger partial charge in [0.2, 0.25) is 0 Å². The van der Waals surface area contributed by atoms with Crippen LogP contribution in [0.15, 0.2) is 0 Å². The van der Waals surface area contributed by atoms with Crippen molar-refractivity contribution in [1.82, 2.24) is 15.1 Å². The standard InChI is InChI=1S/C15H31N3/c1-3-8-17-10-6-15(7-11-17)18-9-4-5-14(13-18)12-16-2/h14-16H,3-13H2,1-2H3. The summed E-state index contributed by atoms with van der Waals surface area (Å²) in [5, 5.41) is 3.35. The van der Waals surface area contributed by atoms with Crippen LogP contribution in [0, 0.1) is 5.92 Å². The normalized spacial score (nSPS) is 28.7. The van der Waals surface area contributed by atoms with E-state index in [-0.39, 0.29) is 0 Å². The maximum atomic E-state index is 3.35. The molecule has 0 aliphatic carbocycles. The Hall–Kier alpha value is -0.120. The maximum Gasteiger partial charge on any atom is 0.0120 e. The molecule has 3 nitrogen and oxygen atoms in total. The number of hydrogen-bond acceptors (Lipinski definition) is 3. The van der Waals surface area contributed by atoms with Gasteiger partial charge in [-0.3, -0.25) is 4.90 Å². The van der Waals surface area contributed by atoms with Crippen LogP contribution in [0.4, 0.5) is 0 Å². The van der Waals surface area contributed by atoms with Crippen molar-refractivity contribution < 1.29 is 0 Å². The summed E-state index contributed by atoms with van der Waals surface area (Å²) in [6.45, 7) is 10.1. The molecule has 1 N–H and O–H groups in total. The van der Waals surface area contributed by atoms with Crippen molar-refractivity contribution in [3.05, 3.63) is 0 Å². The van der Waals surface area contributed by atoms with Gasteiger partial charge in [0, 0.05) is 12.6 Å². The fourth-order valence-corrected chi connectivity index (χ4v) is 3.71. The van der Waals surface area contributed by atoms with Crippen molar-refractivity contribution in [2.75, 3.05) is 46.3 Å². The minimum atomic E-state index is 0.873. The van der Waals surface area contributed by atoms with Crippen LogP contribution < -0.4 is 5.32 Å². The Morgan fingerprint density at radius 1 is 1.11 bits per heavy atom. The first-order valence-corrected chi connectivity index (χ1v) is 7.94. The topological polar surface area (TPSA) is 18.5 Å². The van der Waals surface area contributed by atoms with Crippen molar-refractivity contribution >= 4 is 0 Å². The number of piperidine rings is 2. The Labute approximate surface area is 113 Å². The van der Waals surface area contributed by atoms with Gasteiger partial charge < -0.3 is 10.2 Å². The molecule has 2 heterocycles. The van der Waals surface area contributed by atoms with E-state index in [0.717, 1.165) is 12.0 Å². The first kappa shape index (κ1) is 14.3. The molecule has 0 aromatic heterocycles. The van der Waals surface area contributed by atoms with E-state index >= 15 is 0 Å². The summed E-state index contributed by atoms with van der Waals surface area (Å²) in [5.74, 6) is 0.887. The van der Waals surface area contributed by atoms with Gasteiger partial charge in [-0.2, -0.15) is 0 Å². The molecule has 2 saturated heterocycles. The highest BCUT2D eigenvalue weighted by Gasteiger charge is 2.28. The average Bonchev–Trinajstić information content (AvgIpc) is 2.41. The van der Waals surface area contributed by atoms with Crippen LogP contribution in [0.3, 0.4) is 0 Å². The van der Waals surface area contributed by atoms with E-state index in [4.69, 9.17) is 0 Å². The van der Waals surface area contributed by atoms with E-state index in [1.807, 2.05) is 0 Å². The van der Waals surface area contributed by atoms with Crippen LogP contribution >= 0.6 is 0 Å². The van der Waals surface area contributed by atoms with Crippen molar-refractivity contribution in [2.45, 2.75) is 45.1 Å². The van der Waals surface area contributed by atoms with Crippen molar-refractivity contribution in [3.8, 4) is 0 Å². The lowest BCUT2D eigenvalue weighted by Gasteiger charge is -2.42. The molecule has 0 radical (unpaired) electrons. The third-order valence-corrected chi connectivity index (χ3v) is 4.66. The van der Waals surface area contributed by atoms with Crippen LogP contribution in [0.2, 0.25) is 0 Å². The molecular weight excluding hydrogens is 222 g/mol. The molecule has 2 rings (SSSR count). The van der Waals surface area contributed by atoms with Gasteiger partial charge in [-0.15, -0.1) is 0 Å². The fraction of sp³-hybridized carbons (Fsp3) is 1.00. The van der Waals surface area contributed by atoms with Crippen LogP contribution in [-0.2, 0) is 0 Å². The lowest BCUT2D eigenvalue weighted by atomic mass is 9.94. The summed E-state index contributed by atoms with van der Waals surface area (Å²) in [6.07, 6.45) is 6.92. The van der Waals surface area contributed by atoms with Crippen molar-refractivity contribution in [3.63, 3.8) is 0 Å². The van der Waals surface area contributed by atoms with Gasteiger partial charge in [-0.25, -0.2) is 0 Å². The summed E-state index contributed by atoms with van der Waals surface area (Å²) >= 11 is 0. The highest BCUT2D eigenvalue weighted by Crippen LogP contribution is 2.23. The predicted octanol–water partition coefficient (Wildman–Crippen LogP) is 1.79. The van der Waals surface area contributed by atoms with E-state index in [2.05, 4.69) is 29.1 Å². The minimum absolute atomic E-state index is 0.873. The zero-order valence-electron chi connectivity index (χ0n) is 12.3. The molecule has 2 aliphatic rings. The third-order valence-electron chi connectivity index (χ3n) is 4.66. The minimum Gasteiger partial charge on any atom is -0.319 e. The molecule has 0 aromatic carbocycles. The van der Waals surface area contributed by atoms with Crippen molar-refractivity contribution in [2.24, 2.45) is 5.92 Å². The second-order valence-corrected chi connectivity index (χ2v) is 6.13. The Balaban J connectivity index is 1.75. The summed E-state index contributed by atoms with van der Waals surface area (Å²) in [4.78, 5) is 5.43. The average molecular weight is 253 g/mol. The molecule has 3 heteroatoms. The largest absolute Gasteiger partial charge is 0.319 e. The quantitative estimate of drug-likeness (QED) is 0.806. The van der Waals surface area contributed by atoms with Crippen LogP contribution in [0.25, 0.3) is 0 Å². The first-order chi connectivity index (χ1) is 8.83. The van der Waals surface area contributed by atoms with E-state index in [1.54, 1.807) is 0 Å². The summed E-state index contributed by atoms with van der Waals surface area (Å²) in [7, 11) is 2.09. The van der Waals surface area contributed by atoms with Gasteiger partial charge in [-0.05, 0) is 77.8 Å². The smallest absolute Gasteiger partial charge is 0.0120 e. The van der Waals surface area contributed by atoms with E-state index in [1.165, 1.54) is 71.4 Å². The highest BCUT2D eigenvalue weighted by molar-refractivity contribution is 4.84. The Kier molecular flexibility index (Phi) is 5.93. The van der Waals surface area contributed by atoms with Gasteiger partial charge in [0.05, 0.1) is 0 Å². The SMILES string of the molecule is CCCN1CCC(N2CCCC(CNC)C2)CC1. The molecule has 0 amide bonds. The number of nitrogens with zero attached hydrogens (tertiary/aromatic N) is 2. The molecule has 1 unspecified atom stereocenters. The fourth-order valence-electron chi connectivity index (χ4n) is 3.71. The van der Waals surface area contributed by atoms with E-state index in [0.29, 0.717) is 0 Å². The molecular formula is C15H31N3. The lowest BCUT2D eigenvalue weighted by Crippen LogP contribution is -2.49. The maximum absolute atomic E-state index is 3.35. The molecule has 0 spiro atoms. The van der Waals surface area contributed by atoms with Gasteiger partial charge >= 0.3 is 0 Å². The Bertz CT molecular complexity index is 222. The van der Waals surface area contributed by atoms with Crippen LogP contribution in [0.1, 0.15) is 39.0 Å². The van der Waals surface area contributed by atoms with E-state index in [9.17, 15) is 0 Å². The molecule has 0 aromatic rings. The molecule has 18 heavy (non-hydrogen) atoms. The van der Waals surface area contributed by atoms with Gasteiger partial charge in [0.25, 0.3) is 0 Å². The molecule has 0 bridgehead atoms. The Morgan fingerprint density at radius 2 is 1.89 bits per heavy atom. The van der Waals surface area contributed by atoms with Gasteiger partial charge in [-0.1, -0.05) is 6.92 Å². The molecule has 2 fully saturated rings. The second-order valence-electron chi connectivity index (χ2n) is 6.13. The molecule has 2 aliphatic heterocycles. The predicted molar refractivity (Wildman–Crippen MR) is 78.0 cm³/mol. The highest BCUT2D eigenvalue weighted by atomic mass is 15.2.